The molecule has 0 aromatic carbocycles. The number of hydrogen-bond donors (Lipinski definition) is 0. The molecule has 0 heteroatoms. The lowest BCUT2D eigenvalue weighted by Gasteiger charge is -2.48. The largest absolute Gasteiger partial charge is 0.0622 e. The zero-order chi connectivity index (χ0) is 29.2. The van der Waals surface area contributed by atoms with Crippen molar-refractivity contribution in [3.8, 4) is 0 Å². The summed E-state index contributed by atoms with van der Waals surface area (Å²) in [6, 6.07) is 0. The Morgan fingerprint density at radius 1 is 0.316 bits per heavy atom. The van der Waals surface area contributed by atoms with Crippen molar-refractivity contribution in [2.24, 2.45) is 76.4 Å². The van der Waals surface area contributed by atoms with E-state index in [2.05, 4.69) is 96.9 Å². The van der Waals surface area contributed by atoms with E-state index < -0.39 is 0 Å². The van der Waals surface area contributed by atoms with Crippen molar-refractivity contribution in [2.75, 3.05) is 0 Å². The highest BCUT2D eigenvalue weighted by Gasteiger charge is 2.41. The molecule has 0 spiro atoms. The van der Waals surface area contributed by atoms with Crippen LogP contribution in [0, 0.1) is 76.4 Å². The summed E-state index contributed by atoms with van der Waals surface area (Å²) in [5.74, 6) is 9.40. The summed E-state index contributed by atoms with van der Waals surface area (Å²) in [6.45, 7) is 36.1. The van der Waals surface area contributed by atoms with Crippen LogP contribution >= 0.6 is 0 Å². The minimum Gasteiger partial charge on any atom is -0.0622 e. The van der Waals surface area contributed by atoms with Gasteiger partial charge >= 0.3 is 0 Å². The van der Waals surface area contributed by atoms with Gasteiger partial charge in [0.1, 0.15) is 0 Å². The van der Waals surface area contributed by atoms with Crippen molar-refractivity contribution < 1.29 is 0 Å². The van der Waals surface area contributed by atoms with Crippen LogP contribution in [0.4, 0.5) is 0 Å². The van der Waals surface area contributed by atoms with Crippen LogP contribution < -0.4 is 0 Å². The summed E-state index contributed by atoms with van der Waals surface area (Å²) in [5.41, 5.74) is 0.362. The summed E-state index contributed by atoms with van der Waals surface area (Å²) in [5, 5.41) is 0. The molecule has 228 valence electrons. The maximum atomic E-state index is 2.60. The van der Waals surface area contributed by atoms with E-state index in [-0.39, 0.29) is 0 Å². The van der Waals surface area contributed by atoms with E-state index in [1.807, 2.05) is 0 Å². The maximum absolute atomic E-state index is 2.60. The van der Waals surface area contributed by atoms with E-state index in [1.54, 1.807) is 0 Å². The Morgan fingerprint density at radius 3 is 0.974 bits per heavy atom. The fraction of sp³-hybridized carbons (Fsp3) is 1.00. The predicted octanol–water partition coefficient (Wildman–Crippen LogP) is 13.0. The highest BCUT2D eigenvalue weighted by molar-refractivity contribution is 4.90. The molecular formula is C38H76. The molecule has 12 atom stereocenters. The third kappa shape index (κ3) is 10.1. The van der Waals surface area contributed by atoms with E-state index in [1.165, 1.54) is 70.6 Å². The first-order valence-electron chi connectivity index (χ1n) is 17.7. The molecule has 0 aliphatic heterocycles. The quantitative estimate of drug-likeness (QED) is 0.291. The minimum absolute atomic E-state index is 0.362. The molecule has 0 amide bonds. The zero-order valence-electron chi connectivity index (χ0n) is 29.2. The van der Waals surface area contributed by atoms with Crippen molar-refractivity contribution in [2.45, 2.75) is 168 Å². The van der Waals surface area contributed by atoms with Crippen molar-refractivity contribution in [3.63, 3.8) is 0 Å². The average molecular weight is 533 g/mol. The Kier molecular flexibility index (Phi) is 16.2. The Morgan fingerprint density at radius 2 is 0.579 bits per heavy atom. The molecule has 1 rings (SSSR count). The summed E-state index contributed by atoms with van der Waals surface area (Å²) in [4.78, 5) is 0. The third-order valence-electron chi connectivity index (χ3n) is 14.0. The number of hydrogen-bond acceptors (Lipinski definition) is 0. The first kappa shape index (κ1) is 36.0. The van der Waals surface area contributed by atoms with Gasteiger partial charge in [-0.05, 0) is 76.4 Å². The average Bonchev–Trinajstić information content (AvgIpc) is 2.90. The molecule has 0 heterocycles. The molecular weight excluding hydrogens is 456 g/mol. The van der Waals surface area contributed by atoms with Crippen LogP contribution in [-0.4, -0.2) is 0 Å². The van der Waals surface area contributed by atoms with E-state index in [4.69, 9.17) is 0 Å². The van der Waals surface area contributed by atoms with Crippen LogP contribution in [0.5, 0.6) is 0 Å². The molecule has 0 saturated heterocycles. The summed E-state index contributed by atoms with van der Waals surface area (Å²) in [7, 11) is 0. The van der Waals surface area contributed by atoms with Gasteiger partial charge in [0.15, 0.2) is 0 Å². The van der Waals surface area contributed by atoms with Gasteiger partial charge in [-0.2, -0.15) is 0 Å². The van der Waals surface area contributed by atoms with Crippen LogP contribution in [0.1, 0.15) is 168 Å². The molecule has 1 saturated carbocycles. The Bertz CT molecular complexity index is 603. The van der Waals surface area contributed by atoms with Gasteiger partial charge in [-0.25, -0.2) is 0 Å². The van der Waals surface area contributed by atoms with Gasteiger partial charge in [0.2, 0.25) is 0 Å². The molecule has 1 fully saturated rings. The normalized spacial score (nSPS) is 44.7. The van der Waals surface area contributed by atoms with Gasteiger partial charge in [0, 0.05) is 0 Å². The lowest BCUT2D eigenvalue weighted by atomic mass is 9.58. The van der Waals surface area contributed by atoms with E-state index in [9.17, 15) is 0 Å². The first-order chi connectivity index (χ1) is 17.7. The third-order valence-corrected chi connectivity index (χ3v) is 14.0. The summed E-state index contributed by atoms with van der Waals surface area (Å²) in [6.07, 6.45) is 15.9. The second-order valence-electron chi connectivity index (χ2n) is 16.0. The van der Waals surface area contributed by atoms with Crippen molar-refractivity contribution in [1.82, 2.24) is 0 Å². The molecule has 1 aliphatic rings. The molecule has 0 aromatic rings. The SMILES string of the molecule is CC1CCCCCCCCCCCC(C)C(C)C(C)C(C)(C)C(C)C(C)C(C)C(C)C(C)C(C)C(C)C1C. The van der Waals surface area contributed by atoms with Gasteiger partial charge in [0.25, 0.3) is 0 Å². The van der Waals surface area contributed by atoms with Gasteiger partial charge < -0.3 is 0 Å². The van der Waals surface area contributed by atoms with Crippen molar-refractivity contribution in [1.29, 1.82) is 0 Å². The molecule has 0 aromatic heterocycles. The highest BCUT2D eigenvalue weighted by Crippen LogP contribution is 2.48. The van der Waals surface area contributed by atoms with Gasteiger partial charge in [-0.3, -0.25) is 0 Å². The van der Waals surface area contributed by atoms with Crippen LogP contribution in [-0.2, 0) is 0 Å². The highest BCUT2D eigenvalue weighted by atomic mass is 14.5. The lowest BCUT2D eigenvalue weighted by Crippen LogP contribution is -2.41. The van der Waals surface area contributed by atoms with Gasteiger partial charge in [-0.1, -0.05) is 168 Å². The van der Waals surface area contributed by atoms with Gasteiger partial charge in [-0.15, -0.1) is 0 Å². The lowest BCUT2D eigenvalue weighted by molar-refractivity contribution is 0.0103. The monoisotopic (exact) mass is 533 g/mol. The molecule has 12 unspecified atom stereocenters. The van der Waals surface area contributed by atoms with E-state index in [0.717, 1.165) is 71.0 Å². The molecule has 38 heavy (non-hydrogen) atoms. The Balaban J connectivity index is 3.05. The molecule has 1 aliphatic carbocycles. The van der Waals surface area contributed by atoms with E-state index in [0.29, 0.717) is 5.41 Å². The Labute approximate surface area is 243 Å². The van der Waals surface area contributed by atoms with Crippen LogP contribution in [0.3, 0.4) is 0 Å². The van der Waals surface area contributed by atoms with Crippen LogP contribution in [0.15, 0.2) is 0 Å². The maximum Gasteiger partial charge on any atom is -0.0298 e. The van der Waals surface area contributed by atoms with Crippen LogP contribution in [0.2, 0.25) is 0 Å². The fourth-order valence-corrected chi connectivity index (χ4v) is 8.33. The predicted molar refractivity (Wildman–Crippen MR) is 175 cm³/mol. The second kappa shape index (κ2) is 17.1. The molecule has 0 bridgehead atoms. The molecule has 0 N–H and O–H groups in total. The number of rotatable bonds is 0. The first-order valence-corrected chi connectivity index (χ1v) is 17.7. The Hall–Kier alpha value is 0. The summed E-state index contributed by atoms with van der Waals surface area (Å²) >= 11 is 0. The minimum atomic E-state index is 0.362. The van der Waals surface area contributed by atoms with Crippen molar-refractivity contribution >= 4 is 0 Å². The standard InChI is InChI=1S/C38H76/c1-26-24-22-20-18-16-15-17-19-21-23-25-27(2)29(4)36(11)38(13,14)37(12)35(10)34(9)33(8)32(7)31(6)30(5)28(26)3/h26-37H,15-25H2,1-14H3. The van der Waals surface area contributed by atoms with Crippen LogP contribution in [0.25, 0.3) is 0 Å². The summed E-state index contributed by atoms with van der Waals surface area (Å²) < 4.78 is 0. The van der Waals surface area contributed by atoms with Crippen molar-refractivity contribution in [3.05, 3.63) is 0 Å². The fourth-order valence-electron chi connectivity index (χ4n) is 8.33. The van der Waals surface area contributed by atoms with E-state index >= 15 is 0 Å². The molecule has 0 radical (unpaired) electrons. The smallest absolute Gasteiger partial charge is 0.0298 e. The topological polar surface area (TPSA) is 0 Å². The molecule has 0 nitrogen and oxygen atoms in total. The second-order valence-corrected chi connectivity index (χ2v) is 16.0. The zero-order valence-corrected chi connectivity index (χ0v) is 29.2. The van der Waals surface area contributed by atoms with Gasteiger partial charge in [0.05, 0.1) is 0 Å².